The van der Waals surface area contributed by atoms with Crippen molar-refractivity contribution in [3.05, 3.63) is 48.4 Å². The Morgan fingerprint density at radius 2 is 1.70 bits per heavy atom. The Bertz CT molecular complexity index is 847. The third-order valence-electron chi connectivity index (χ3n) is 5.84. The maximum absolute atomic E-state index is 6.00. The predicted molar refractivity (Wildman–Crippen MR) is 121 cm³/mol. The molecule has 2 fully saturated rings. The van der Waals surface area contributed by atoms with E-state index in [9.17, 15) is 0 Å². The molecule has 30 heavy (non-hydrogen) atoms. The van der Waals surface area contributed by atoms with Crippen molar-refractivity contribution in [1.82, 2.24) is 14.9 Å². The van der Waals surface area contributed by atoms with Crippen molar-refractivity contribution < 1.29 is 4.74 Å². The van der Waals surface area contributed by atoms with E-state index >= 15 is 0 Å². The van der Waals surface area contributed by atoms with Crippen molar-refractivity contribution in [2.45, 2.75) is 25.9 Å². The molecule has 0 amide bonds. The fourth-order valence-corrected chi connectivity index (χ4v) is 4.05. The van der Waals surface area contributed by atoms with E-state index in [0.717, 1.165) is 70.3 Å². The summed E-state index contributed by atoms with van der Waals surface area (Å²) in [7, 11) is 0. The average Bonchev–Trinajstić information content (AvgIpc) is 2.80. The Kier molecular flexibility index (Phi) is 7.17. The van der Waals surface area contributed by atoms with Crippen LogP contribution in [0.5, 0.6) is 0 Å². The summed E-state index contributed by atoms with van der Waals surface area (Å²) < 4.78 is 6.00. The van der Waals surface area contributed by atoms with Crippen LogP contribution in [0, 0.1) is 18.8 Å². The van der Waals surface area contributed by atoms with Crippen LogP contribution in [0.2, 0.25) is 0 Å². The van der Waals surface area contributed by atoms with Gasteiger partial charge in [-0.05, 0) is 38.0 Å². The summed E-state index contributed by atoms with van der Waals surface area (Å²) in [5, 5.41) is 0. The summed E-state index contributed by atoms with van der Waals surface area (Å²) >= 11 is 0. The van der Waals surface area contributed by atoms with Crippen molar-refractivity contribution in [3.63, 3.8) is 0 Å². The van der Waals surface area contributed by atoms with Gasteiger partial charge in [-0.2, -0.15) is 0 Å². The molecule has 0 aliphatic carbocycles. The van der Waals surface area contributed by atoms with E-state index in [2.05, 4.69) is 66.8 Å². The van der Waals surface area contributed by atoms with Gasteiger partial charge in [0.05, 0.1) is 12.6 Å². The maximum atomic E-state index is 6.00. The van der Waals surface area contributed by atoms with Crippen LogP contribution in [0.3, 0.4) is 0 Å². The molecule has 0 bridgehead atoms. The number of nitrogens with zero attached hydrogens (tertiary/aromatic N) is 5. The number of benzene rings is 1. The van der Waals surface area contributed by atoms with Crippen LogP contribution in [-0.4, -0.2) is 73.4 Å². The second-order valence-electron chi connectivity index (χ2n) is 7.91. The molecule has 158 valence electrons. The second-order valence-corrected chi connectivity index (χ2v) is 7.91. The van der Waals surface area contributed by atoms with Crippen LogP contribution in [0.25, 0.3) is 0 Å². The first-order chi connectivity index (χ1) is 14.8. The Morgan fingerprint density at radius 3 is 2.43 bits per heavy atom. The zero-order valence-corrected chi connectivity index (χ0v) is 17.8. The number of rotatable bonds is 5. The summed E-state index contributed by atoms with van der Waals surface area (Å²) in [6, 6.07) is 12.6. The van der Waals surface area contributed by atoms with Gasteiger partial charge >= 0.3 is 0 Å². The number of anilines is 2. The second kappa shape index (κ2) is 10.4. The fourth-order valence-electron chi connectivity index (χ4n) is 4.05. The molecular formula is C24H31N5O. The SMILES string of the molecule is Cc1nccc(N2CCC(OCC#CCN3CCN(c4ccccc4)CC3)CC2)n1. The van der Waals surface area contributed by atoms with Gasteiger partial charge in [-0.25, -0.2) is 9.97 Å². The molecule has 2 saturated heterocycles. The Balaban J connectivity index is 1.11. The van der Waals surface area contributed by atoms with Crippen molar-refractivity contribution in [2.75, 3.05) is 62.2 Å². The monoisotopic (exact) mass is 405 g/mol. The lowest BCUT2D eigenvalue weighted by atomic mass is 10.1. The van der Waals surface area contributed by atoms with Gasteiger partial charge in [0, 0.05) is 51.2 Å². The number of ether oxygens (including phenoxy) is 1. The average molecular weight is 406 g/mol. The zero-order valence-electron chi connectivity index (χ0n) is 17.8. The Labute approximate surface area is 179 Å². The molecule has 3 heterocycles. The standard InChI is InChI=1S/C24H31N5O/c1-21-25-12-9-24(26-21)29-14-10-23(11-15-29)30-20-6-5-13-27-16-18-28(19-17-27)22-7-3-2-4-8-22/h2-4,7-9,12,23H,10-11,13-20H2,1H3. The number of aromatic nitrogens is 2. The number of piperazine rings is 1. The summed E-state index contributed by atoms with van der Waals surface area (Å²) in [6.45, 7) is 9.48. The molecule has 4 rings (SSSR count). The van der Waals surface area contributed by atoms with Crippen molar-refractivity contribution >= 4 is 11.5 Å². The van der Waals surface area contributed by atoms with Crippen LogP contribution in [0.15, 0.2) is 42.6 Å². The number of para-hydroxylation sites is 1. The number of piperidine rings is 1. The molecule has 1 aromatic heterocycles. The molecule has 2 aromatic rings. The van der Waals surface area contributed by atoms with E-state index in [4.69, 9.17) is 4.74 Å². The number of hydrogen-bond acceptors (Lipinski definition) is 6. The van der Waals surface area contributed by atoms with E-state index in [-0.39, 0.29) is 0 Å². The molecular weight excluding hydrogens is 374 g/mol. The molecule has 0 atom stereocenters. The molecule has 6 heteroatoms. The van der Waals surface area contributed by atoms with E-state index in [1.807, 2.05) is 19.2 Å². The molecule has 0 saturated carbocycles. The molecule has 0 spiro atoms. The molecule has 1 aromatic carbocycles. The minimum Gasteiger partial charge on any atom is -0.369 e. The highest BCUT2D eigenvalue weighted by atomic mass is 16.5. The van der Waals surface area contributed by atoms with Crippen molar-refractivity contribution in [2.24, 2.45) is 0 Å². The van der Waals surface area contributed by atoms with Crippen LogP contribution in [0.4, 0.5) is 11.5 Å². The molecule has 2 aliphatic heterocycles. The van der Waals surface area contributed by atoms with Crippen molar-refractivity contribution in [1.29, 1.82) is 0 Å². The summed E-state index contributed by atoms with van der Waals surface area (Å²) in [4.78, 5) is 15.9. The third kappa shape index (κ3) is 5.71. The quantitative estimate of drug-likeness (QED) is 0.713. The summed E-state index contributed by atoms with van der Waals surface area (Å²) in [6.07, 6.45) is 4.17. The predicted octanol–water partition coefficient (Wildman–Crippen LogP) is 2.60. The van der Waals surface area contributed by atoms with Gasteiger partial charge in [0.25, 0.3) is 0 Å². The van der Waals surface area contributed by atoms with Gasteiger partial charge in [-0.3, -0.25) is 4.90 Å². The first kappa shape index (κ1) is 20.6. The topological polar surface area (TPSA) is 44.7 Å². The zero-order chi connectivity index (χ0) is 20.6. The van der Waals surface area contributed by atoms with E-state index < -0.39 is 0 Å². The minimum atomic E-state index is 0.299. The largest absolute Gasteiger partial charge is 0.369 e. The highest BCUT2D eigenvalue weighted by molar-refractivity contribution is 5.46. The lowest BCUT2D eigenvalue weighted by Crippen LogP contribution is -2.46. The summed E-state index contributed by atoms with van der Waals surface area (Å²) in [5.41, 5.74) is 1.32. The van der Waals surface area contributed by atoms with Crippen LogP contribution in [0.1, 0.15) is 18.7 Å². The van der Waals surface area contributed by atoms with Crippen molar-refractivity contribution in [3.8, 4) is 11.8 Å². The summed E-state index contributed by atoms with van der Waals surface area (Å²) in [5.74, 6) is 8.35. The minimum absolute atomic E-state index is 0.299. The van der Waals surface area contributed by atoms with Gasteiger partial charge in [-0.1, -0.05) is 30.0 Å². The molecule has 0 N–H and O–H groups in total. The van der Waals surface area contributed by atoms with E-state index in [1.165, 1.54) is 5.69 Å². The van der Waals surface area contributed by atoms with Gasteiger partial charge in [0.15, 0.2) is 0 Å². The smallest absolute Gasteiger partial charge is 0.132 e. The first-order valence-corrected chi connectivity index (χ1v) is 10.9. The lowest BCUT2D eigenvalue weighted by molar-refractivity contribution is 0.0593. The van der Waals surface area contributed by atoms with Crippen LogP contribution < -0.4 is 9.80 Å². The highest BCUT2D eigenvalue weighted by Crippen LogP contribution is 2.19. The van der Waals surface area contributed by atoms with Gasteiger partial charge in [0.1, 0.15) is 18.2 Å². The van der Waals surface area contributed by atoms with Crippen LogP contribution >= 0.6 is 0 Å². The lowest BCUT2D eigenvalue weighted by Gasteiger charge is -2.35. The van der Waals surface area contributed by atoms with Gasteiger partial charge in [0.2, 0.25) is 0 Å². The molecule has 6 nitrogen and oxygen atoms in total. The third-order valence-corrected chi connectivity index (χ3v) is 5.84. The molecule has 0 unspecified atom stereocenters. The highest BCUT2D eigenvalue weighted by Gasteiger charge is 2.20. The van der Waals surface area contributed by atoms with Gasteiger partial charge < -0.3 is 14.5 Å². The van der Waals surface area contributed by atoms with Crippen LogP contribution in [-0.2, 0) is 4.74 Å². The van der Waals surface area contributed by atoms with Gasteiger partial charge in [-0.15, -0.1) is 0 Å². The number of hydrogen-bond donors (Lipinski definition) is 0. The Morgan fingerprint density at radius 1 is 0.933 bits per heavy atom. The first-order valence-electron chi connectivity index (χ1n) is 10.9. The molecule has 0 radical (unpaired) electrons. The fraction of sp³-hybridized carbons (Fsp3) is 0.500. The molecule has 2 aliphatic rings. The number of aryl methyl sites for hydroxylation is 1. The maximum Gasteiger partial charge on any atom is 0.132 e. The van der Waals surface area contributed by atoms with E-state index in [0.29, 0.717) is 12.7 Å². The Hall–Kier alpha value is -2.62. The van der Waals surface area contributed by atoms with E-state index in [1.54, 1.807) is 0 Å². The normalized spacial score (nSPS) is 18.2.